The summed E-state index contributed by atoms with van der Waals surface area (Å²) in [5.74, 6) is 0.991. The van der Waals surface area contributed by atoms with Gasteiger partial charge >= 0.3 is 0 Å². The largest absolute Gasteiger partial charge is 0.495 e. The van der Waals surface area contributed by atoms with E-state index in [4.69, 9.17) is 4.74 Å². The van der Waals surface area contributed by atoms with Gasteiger partial charge in [0.15, 0.2) is 0 Å². The number of thiophene rings is 1. The first-order chi connectivity index (χ1) is 10.1. The highest BCUT2D eigenvalue weighted by molar-refractivity contribution is 9.11. The Hall–Kier alpha value is -0.0200. The van der Waals surface area contributed by atoms with Gasteiger partial charge in [-0.3, -0.25) is 0 Å². The van der Waals surface area contributed by atoms with E-state index in [1.165, 1.54) is 62.7 Å². The molecule has 1 rings (SSSR count). The molecule has 0 saturated heterocycles. The normalized spacial score (nSPS) is 14.1. The van der Waals surface area contributed by atoms with Crippen molar-refractivity contribution < 1.29 is 4.74 Å². The van der Waals surface area contributed by atoms with Crippen LogP contribution in [0.1, 0.15) is 83.4 Å². The zero-order valence-electron chi connectivity index (χ0n) is 14.1. The third-order valence-corrected chi connectivity index (χ3v) is 6.47. The van der Waals surface area contributed by atoms with Gasteiger partial charge in [-0.1, -0.05) is 65.7 Å². The molecule has 122 valence electrons. The van der Waals surface area contributed by atoms with Gasteiger partial charge in [0.2, 0.25) is 0 Å². The van der Waals surface area contributed by atoms with Gasteiger partial charge in [-0.2, -0.15) is 0 Å². The molecule has 0 aliphatic rings. The third kappa shape index (κ3) is 5.94. The Morgan fingerprint density at radius 2 is 1.62 bits per heavy atom. The molecule has 0 aliphatic carbocycles. The molecule has 0 aliphatic heterocycles. The van der Waals surface area contributed by atoms with E-state index in [1.807, 2.05) is 11.3 Å². The molecule has 1 aromatic heterocycles. The molecule has 0 aromatic carbocycles. The summed E-state index contributed by atoms with van der Waals surface area (Å²) >= 11 is 5.50. The predicted octanol–water partition coefficient (Wildman–Crippen LogP) is 7.33. The van der Waals surface area contributed by atoms with Gasteiger partial charge in [-0.15, -0.1) is 11.3 Å². The molecule has 1 atom stereocenters. The Kier molecular flexibility index (Phi) is 8.96. The Balaban J connectivity index is 2.77. The lowest BCUT2D eigenvalue weighted by atomic mass is 9.78. The van der Waals surface area contributed by atoms with Crippen molar-refractivity contribution in [3.05, 3.63) is 14.7 Å². The Morgan fingerprint density at radius 1 is 1.05 bits per heavy atom. The average molecular weight is 375 g/mol. The van der Waals surface area contributed by atoms with Crippen molar-refractivity contribution in [3.63, 3.8) is 0 Å². The standard InChI is InChI=1S/C18H31BrOS/c1-5-7-9-11-13-18(3,12-10-8-6-2)16-14-15(20-4)17(19)21-16/h14H,5-13H2,1-4H3. The fraction of sp³-hybridized carbons (Fsp3) is 0.778. The molecule has 0 fully saturated rings. The lowest BCUT2D eigenvalue weighted by Gasteiger charge is -2.29. The fourth-order valence-electron chi connectivity index (χ4n) is 2.87. The topological polar surface area (TPSA) is 9.23 Å². The van der Waals surface area contributed by atoms with E-state index >= 15 is 0 Å². The first-order valence-electron chi connectivity index (χ1n) is 8.41. The van der Waals surface area contributed by atoms with Crippen LogP contribution in [0.2, 0.25) is 0 Å². The number of unbranched alkanes of at least 4 members (excludes halogenated alkanes) is 5. The van der Waals surface area contributed by atoms with E-state index in [0.717, 1.165) is 9.54 Å². The molecule has 0 saturated carbocycles. The van der Waals surface area contributed by atoms with Gasteiger partial charge in [0, 0.05) is 10.3 Å². The van der Waals surface area contributed by atoms with Crippen LogP contribution in [0, 0.1) is 0 Å². The summed E-state index contributed by atoms with van der Waals surface area (Å²) in [6.45, 7) is 7.01. The number of methoxy groups -OCH3 is 1. The van der Waals surface area contributed by atoms with Gasteiger partial charge in [-0.05, 0) is 34.8 Å². The van der Waals surface area contributed by atoms with Crippen LogP contribution < -0.4 is 4.74 Å². The molecule has 1 heterocycles. The molecule has 0 N–H and O–H groups in total. The minimum atomic E-state index is 0.312. The third-order valence-electron chi connectivity index (χ3n) is 4.38. The number of hydrogen-bond donors (Lipinski definition) is 0. The van der Waals surface area contributed by atoms with Gasteiger partial charge in [0.25, 0.3) is 0 Å². The number of hydrogen-bond acceptors (Lipinski definition) is 2. The van der Waals surface area contributed by atoms with Crippen molar-refractivity contribution in [2.24, 2.45) is 0 Å². The van der Waals surface area contributed by atoms with Crippen LogP contribution in [-0.2, 0) is 5.41 Å². The Labute approximate surface area is 143 Å². The van der Waals surface area contributed by atoms with Crippen molar-refractivity contribution >= 4 is 27.3 Å². The highest BCUT2D eigenvalue weighted by atomic mass is 79.9. The Bertz CT molecular complexity index is 402. The maximum absolute atomic E-state index is 5.45. The predicted molar refractivity (Wildman–Crippen MR) is 98.8 cm³/mol. The summed E-state index contributed by atoms with van der Waals surface area (Å²) in [5.41, 5.74) is 0.312. The second kappa shape index (κ2) is 9.89. The van der Waals surface area contributed by atoms with E-state index in [9.17, 15) is 0 Å². The van der Waals surface area contributed by atoms with Crippen molar-refractivity contribution in [2.45, 2.75) is 84.0 Å². The highest BCUT2D eigenvalue weighted by Gasteiger charge is 2.28. The van der Waals surface area contributed by atoms with Crippen LogP contribution in [0.3, 0.4) is 0 Å². The Morgan fingerprint density at radius 3 is 2.14 bits per heavy atom. The zero-order valence-corrected chi connectivity index (χ0v) is 16.5. The van der Waals surface area contributed by atoms with Crippen molar-refractivity contribution in [1.82, 2.24) is 0 Å². The van der Waals surface area contributed by atoms with Crippen LogP contribution >= 0.6 is 27.3 Å². The molecule has 1 nitrogen and oxygen atoms in total. The minimum absolute atomic E-state index is 0.312. The number of rotatable bonds is 11. The summed E-state index contributed by atoms with van der Waals surface area (Å²) in [7, 11) is 1.76. The zero-order chi connectivity index (χ0) is 15.7. The molecule has 0 spiro atoms. The van der Waals surface area contributed by atoms with Crippen LogP contribution in [0.4, 0.5) is 0 Å². The first kappa shape index (κ1) is 19.0. The second-order valence-corrected chi connectivity index (χ2v) is 8.65. The van der Waals surface area contributed by atoms with Gasteiger partial charge in [0.1, 0.15) is 9.54 Å². The summed E-state index contributed by atoms with van der Waals surface area (Å²) in [5, 5.41) is 0. The van der Waals surface area contributed by atoms with Gasteiger partial charge in [0.05, 0.1) is 7.11 Å². The first-order valence-corrected chi connectivity index (χ1v) is 10.0. The van der Waals surface area contributed by atoms with E-state index in [0.29, 0.717) is 5.41 Å². The molecule has 0 radical (unpaired) electrons. The van der Waals surface area contributed by atoms with E-state index in [-0.39, 0.29) is 0 Å². The smallest absolute Gasteiger partial charge is 0.144 e. The van der Waals surface area contributed by atoms with E-state index in [1.54, 1.807) is 7.11 Å². The van der Waals surface area contributed by atoms with Crippen LogP contribution in [0.15, 0.2) is 9.85 Å². The fourth-order valence-corrected chi connectivity index (χ4v) is 4.72. The highest BCUT2D eigenvalue weighted by Crippen LogP contribution is 2.44. The van der Waals surface area contributed by atoms with Crippen molar-refractivity contribution in [2.75, 3.05) is 7.11 Å². The van der Waals surface area contributed by atoms with Crippen LogP contribution in [0.25, 0.3) is 0 Å². The summed E-state index contributed by atoms with van der Waals surface area (Å²) in [6, 6.07) is 2.25. The monoisotopic (exact) mass is 374 g/mol. The molecule has 1 aromatic rings. The molecular formula is C18H31BrOS. The molecule has 3 heteroatoms. The maximum Gasteiger partial charge on any atom is 0.144 e. The average Bonchev–Trinajstić information content (AvgIpc) is 2.86. The number of ether oxygens (including phenoxy) is 1. The summed E-state index contributed by atoms with van der Waals surface area (Å²) in [6.07, 6.45) is 11.9. The van der Waals surface area contributed by atoms with Crippen molar-refractivity contribution in [1.29, 1.82) is 0 Å². The summed E-state index contributed by atoms with van der Waals surface area (Å²) < 4.78 is 6.59. The lowest BCUT2D eigenvalue weighted by molar-refractivity contribution is 0.369. The second-order valence-electron chi connectivity index (χ2n) is 6.28. The molecule has 1 unspecified atom stereocenters. The van der Waals surface area contributed by atoms with Crippen molar-refractivity contribution in [3.8, 4) is 5.75 Å². The van der Waals surface area contributed by atoms with E-state index in [2.05, 4.69) is 42.8 Å². The van der Waals surface area contributed by atoms with Gasteiger partial charge in [-0.25, -0.2) is 0 Å². The maximum atomic E-state index is 5.45. The minimum Gasteiger partial charge on any atom is -0.495 e. The summed E-state index contributed by atoms with van der Waals surface area (Å²) in [4.78, 5) is 1.49. The molecule has 0 bridgehead atoms. The van der Waals surface area contributed by atoms with Crippen LogP contribution in [0.5, 0.6) is 5.75 Å². The lowest BCUT2D eigenvalue weighted by Crippen LogP contribution is -2.20. The van der Waals surface area contributed by atoms with Gasteiger partial charge < -0.3 is 4.74 Å². The quantitative estimate of drug-likeness (QED) is 0.368. The van der Waals surface area contributed by atoms with E-state index < -0.39 is 0 Å². The number of halogens is 1. The SMILES string of the molecule is CCCCCCC(C)(CCCCC)c1cc(OC)c(Br)s1. The molecule has 21 heavy (non-hydrogen) atoms. The van der Waals surface area contributed by atoms with Crippen LogP contribution in [-0.4, -0.2) is 7.11 Å². The molecular weight excluding hydrogens is 344 g/mol. The molecule has 0 amide bonds.